The van der Waals surface area contributed by atoms with E-state index in [9.17, 15) is 36.6 Å². The van der Waals surface area contributed by atoms with Crippen molar-refractivity contribution in [1.82, 2.24) is 29.5 Å². The lowest BCUT2D eigenvalue weighted by Gasteiger charge is -2.36. The van der Waals surface area contributed by atoms with Crippen LogP contribution in [0.3, 0.4) is 0 Å². The molecule has 4 heterocycles. The van der Waals surface area contributed by atoms with Crippen LogP contribution < -0.4 is 15.4 Å². The third-order valence-corrected chi connectivity index (χ3v) is 8.58. The second-order valence-corrected chi connectivity index (χ2v) is 11.5. The fraction of sp³-hybridized carbons (Fsp3) is 0.355. The summed E-state index contributed by atoms with van der Waals surface area (Å²) >= 11 is 0. The van der Waals surface area contributed by atoms with E-state index in [1.807, 2.05) is 0 Å². The van der Waals surface area contributed by atoms with Crippen molar-refractivity contribution in [2.24, 2.45) is 0 Å². The number of nitrogens with one attached hydrogen (secondary N) is 2. The number of benzene rings is 2. The molecule has 11 nitrogen and oxygen atoms in total. The highest BCUT2D eigenvalue weighted by molar-refractivity contribution is 5.96. The Hall–Kier alpha value is -4.83. The maximum Gasteiger partial charge on any atom is 0.418 e. The number of amides is 2. The summed E-state index contributed by atoms with van der Waals surface area (Å²) in [5.74, 6) is -2.89. The number of methoxy groups -OCH3 is 1. The number of nitrogens with zero attached hydrogens (tertiary/aromatic N) is 5. The number of piperazine rings is 1. The van der Waals surface area contributed by atoms with Crippen molar-refractivity contribution in [2.75, 3.05) is 45.2 Å². The SMILES string of the molecule is COc1ccc(-c2cnc3c(Nc4ccc(C(=O)N5CCN(C(=O)[C@@H]6C[C@@](O)(C(F)(F)F)CN6)CC5)c(C)c4)nccn23)c(F)c1F. The normalized spacial score (nSPS) is 20.1. The van der Waals surface area contributed by atoms with Gasteiger partial charge in [0.15, 0.2) is 28.6 Å². The van der Waals surface area contributed by atoms with E-state index in [4.69, 9.17) is 4.74 Å². The molecule has 0 aliphatic carbocycles. The number of hydrogen-bond donors (Lipinski definition) is 3. The second-order valence-electron chi connectivity index (χ2n) is 11.5. The van der Waals surface area contributed by atoms with Gasteiger partial charge in [0.05, 0.1) is 25.0 Å². The Kier molecular flexibility index (Phi) is 8.25. The first-order valence-corrected chi connectivity index (χ1v) is 14.6. The topological polar surface area (TPSA) is 124 Å². The number of aliphatic hydroxyl groups is 1. The molecule has 2 atom stereocenters. The van der Waals surface area contributed by atoms with Gasteiger partial charge in [0.1, 0.15) is 0 Å². The van der Waals surface area contributed by atoms with E-state index in [1.165, 1.54) is 36.5 Å². The van der Waals surface area contributed by atoms with Crippen LogP contribution in [0.5, 0.6) is 5.75 Å². The second kappa shape index (κ2) is 12.1. The minimum atomic E-state index is -4.85. The molecule has 248 valence electrons. The van der Waals surface area contributed by atoms with Gasteiger partial charge in [0.2, 0.25) is 11.7 Å². The lowest BCUT2D eigenvalue weighted by molar-refractivity contribution is -0.252. The monoisotopic (exact) mass is 659 g/mol. The first kappa shape index (κ1) is 32.1. The van der Waals surface area contributed by atoms with Gasteiger partial charge in [-0.15, -0.1) is 0 Å². The van der Waals surface area contributed by atoms with Crippen molar-refractivity contribution >= 4 is 29.0 Å². The third-order valence-electron chi connectivity index (χ3n) is 8.58. The van der Waals surface area contributed by atoms with Crippen LogP contribution in [0.4, 0.5) is 33.5 Å². The van der Waals surface area contributed by atoms with Crippen molar-refractivity contribution < 1.29 is 41.4 Å². The van der Waals surface area contributed by atoms with E-state index in [0.717, 1.165) is 0 Å². The lowest BCUT2D eigenvalue weighted by Crippen LogP contribution is -2.54. The maximum absolute atomic E-state index is 14.8. The summed E-state index contributed by atoms with van der Waals surface area (Å²) < 4.78 is 75.1. The number of alkyl halides is 3. The van der Waals surface area contributed by atoms with Gasteiger partial charge in [0, 0.05) is 68.4 Å². The molecule has 0 bridgehead atoms. The van der Waals surface area contributed by atoms with Gasteiger partial charge < -0.3 is 30.3 Å². The van der Waals surface area contributed by atoms with Gasteiger partial charge in [-0.05, 0) is 42.8 Å². The molecule has 2 aromatic carbocycles. The van der Waals surface area contributed by atoms with Crippen molar-refractivity contribution in [3.05, 3.63) is 71.7 Å². The van der Waals surface area contributed by atoms with Crippen LogP contribution in [0, 0.1) is 18.6 Å². The number of carbonyl (C=O) groups excluding carboxylic acids is 2. The van der Waals surface area contributed by atoms with E-state index in [1.54, 1.807) is 40.6 Å². The van der Waals surface area contributed by atoms with Gasteiger partial charge in [-0.1, -0.05) is 0 Å². The number of carbonyl (C=O) groups is 2. The molecule has 0 spiro atoms. The highest BCUT2D eigenvalue weighted by atomic mass is 19.4. The number of halogens is 5. The van der Waals surface area contributed by atoms with E-state index in [2.05, 4.69) is 20.6 Å². The van der Waals surface area contributed by atoms with Gasteiger partial charge in [-0.2, -0.15) is 17.6 Å². The zero-order valence-corrected chi connectivity index (χ0v) is 25.2. The lowest BCUT2D eigenvalue weighted by atomic mass is 9.99. The van der Waals surface area contributed by atoms with Crippen molar-refractivity contribution in [1.29, 1.82) is 0 Å². The van der Waals surface area contributed by atoms with E-state index in [0.29, 0.717) is 34.0 Å². The van der Waals surface area contributed by atoms with Crippen molar-refractivity contribution in [3.8, 4) is 17.0 Å². The Morgan fingerprint density at radius 3 is 2.45 bits per heavy atom. The Bertz CT molecular complexity index is 1860. The van der Waals surface area contributed by atoms with E-state index in [-0.39, 0.29) is 43.4 Å². The van der Waals surface area contributed by atoms with Crippen LogP contribution in [-0.4, -0.2) is 98.7 Å². The van der Waals surface area contributed by atoms with Crippen LogP contribution in [0.15, 0.2) is 48.9 Å². The van der Waals surface area contributed by atoms with Crippen LogP contribution in [0.2, 0.25) is 0 Å². The summed E-state index contributed by atoms with van der Waals surface area (Å²) in [6, 6.07) is 6.63. The molecule has 47 heavy (non-hydrogen) atoms. The summed E-state index contributed by atoms with van der Waals surface area (Å²) in [6.45, 7) is 1.66. The van der Waals surface area contributed by atoms with Gasteiger partial charge >= 0.3 is 6.18 Å². The Labute approximate surface area is 265 Å². The largest absolute Gasteiger partial charge is 0.494 e. The molecule has 0 radical (unpaired) electrons. The number of rotatable bonds is 6. The molecule has 2 aliphatic rings. The van der Waals surface area contributed by atoms with Crippen LogP contribution in [0.25, 0.3) is 16.9 Å². The van der Waals surface area contributed by atoms with E-state index < -0.39 is 48.3 Å². The summed E-state index contributed by atoms with van der Waals surface area (Å²) in [5.41, 5.74) is -0.665. The fourth-order valence-electron chi connectivity index (χ4n) is 5.90. The number of imidazole rings is 1. The number of fused-ring (bicyclic) bond motifs is 1. The average molecular weight is 660 g/mol. The molecule has 6 rings (SSSR count). The summed E-state index contributed by atoms with van der Waals surface area (Å²) in [6.07, 6.45) is -1.17. The molecule has 0 unspecified atom stereocenters. The minimum absolute atomic E-state index is 0.0132. The van der Waals surface area contributed by atoms with Crippen LogP contribution in [0.1, 0.15) is 22.3 Å². The number of hydrogen-bond acceptors (Lipinski definition) is 8. The number of anilines is 2. The van der Waals surface area contributed by atoms with Gasteiger partial charge in [-0.25, -0.2) is 14.4 Å². The zero-order valence-electron chi connectivity index (χ0n) is 25.2. The fourth-order valence-corrected chi connectivity index (χ4v) is 5.90. The number of β-amino-alcohol motifs (C(OH)–C–C–N with tert-alkyl or cyclic N) is 1. The summed E-state index contributed by atoms with van der Waals surface area (Å²) in [7, 11) is 1.25. The highest BCUT2D eigenvalue weighted by Crippen LogP contribution is 2.37. The molecule has 3 N–H and O–H groups in total. The predicted octanol–water partition coefficient (Wildman–Crippen LogP) is 3.67. The number of aromatic nitrogens is 3. The van der Waals surface area contributed by atoms with Gasteiger partial charge in [-0.3, -0.25) is 14.0 Å². The summed E-state index contributed by atoms with van der Waals surface area (Å²) in [5, 5.41) is 15.5. The zero-order chi connectivity index (χ0) is 33.7. The predicted molar refractivity (Wildman–Crippen MR) is 159 cm³/mol. The number of aryl methyl sites for hydroxylation is 1. The molecular formula is C31H30F5N7O4. The third kappa shape index (κ3) is 5.82. The molecule has 4 aromatic rings. The van der Waals surface area contributed by atoms with E-state index >= 15 is 0 Å². The molecule has 2 fully saturated rings. The smallest absolute Gasteiger partial charge is 0.418 e. The molecule has 2 saturated heterocycles. The van der Waals surface area contributed by atoms with Crippen LogP contribution in [-0.2, 0) is 4.79 Å². The quantitative estimate of drug-likeness (QED) is 0.268. The molecule has 2 aromatic heterocycles. The standard InChI is InChI=1S/C31H30F5N7O4/c1-17-13-18(40-26-27-38-15-22(43(27)8-7-37-26)20-5-6-23(47-2)25(33)24(20)32)3-4-19(17)28(44)41-9-11-42(12-10-41)29(45)21-14-30(46,16-39-21)31(34,35)36/h3-8,13,15,21,39,46H,9-12,14,16H2,1-2H3,(H,37,40)/t21-,30-/m0/s1. The highest BCUT2D eigenvalue weighted by Gasteiger charge is 2.58. The van der Waals surface area contributed by atoms with Crippen LogP contribution >= 0.6 is 0 Å². The molecule has 2 amide bonds. The molecular weight excluding hydrogens is 629 g/mol. The Morgan fingerprint density at radius 1 is 1.06 bits per heavy atom. The minimum Gasteiger partial charge on any atom is -0.494 e. The Balaban J connectivity index is 1.11. The molecule has 16 heteroatoms. The first-order chi connectivity index (χ1) is 22.3. The van der Waals surface area contributed by atoms with Crippen molar-refractivity contribution in [2.45, 2.75) is 31.2 Å². The molecule has 2 aliphatic heterocycles. The van der Waals surface area contributed by atoms with Crippen molar-refractivity contribution in [3.63, 3.8) is 0 Å². The molecule has 0 saturated carbocycles. The average Bonchev–Trinajstić information content (AvgIpc) is 3.67. The van der Waals surface area contributed by atoms with Gasteiger partial charge in [0.25, 0.3) is 5.91 Å². The first-order valence-electron chi connectivity index (χ1n) is 14.6. The Morgan fingerprint density at radius 2 is 1.79 bits per heavy atom. The maximum atomic E-state index is 14.8. The number of ether oxygens (including phenoxy) is 1. The summed E-state index contributed by atoms with van der Waals surface area (Å²) in [4.78, 5) is 37.9.